The summed E-state index contributed by atoms with van der Waals surface area (Å²) < 4.78 is 7.61. The Hall–Kier alpha value is -0.720. The van der Waals surface area contributed by atoms with Gasteiger partial charge in [-0.25, -0.2) is 0 Å². The summed E-state index contributed by atoms with van der Waals surface area (Å²) in [6, 6.07) is 0.287. The van der Waals surface area contributed by atoms with Gasteiger partial charge in [0, 0.05) is 12.3 Å². The summed E-state index contributed by atoms with van der Waals surface area (Å²) in [7, 11) is 5.89. The topological polar surface area (TPSA) is 42.3 Å². The fraction of sp³-hybridized carbons (Fsp3) is 0.800. The van der Waals surface area contributed by atoms with Crippen LogP contribution >= 0.6 is 11.8 Å². The molecular weight excluding hydrogens is 284 g/mol. The third-order valence-electron chi connectivity index (χ3n) is 3.28. The van der Waals surface area contributed by atoms with Crippen LogP contribution in [0.15, 0.2) is 6.20 Å². The van der Waals surface area contributed by atoms with Crippen molar-refractivity contribution in [1.29, 1.82) is 0 Å². The molecule has 0 bridgehead atoms. The minimum atomic E-state index is 0.287. The quantitative estimate of drug-likeness (QED) is 0.678. The van der Waals surface area contributed by atoms with Crippen LogP contribution in [0, 0.1) is 0 Å². The van der Waals surface area contributed by atoms with Crippen LogP contribution in [-0.2, 0) is 6.54 Å². The van der Waals surface area contributed by atoms with Crippen LogP contribution in [-0.4, -0.2) is 60.5 Å². The number of hydrogen-bond donors (Lipinski definition) is 1. The van der Waals surface area contributed by atoms with Gasteiger partial charge in [0.25, 0.3) is 0 Å². The molecule has 0 aliphatic rings. The molecule has 1 N–H and O–H groups in total. The predicted molar refractivity (Wildman–Crippen MR) is 91.4 cm³/mol. The number of nitrogens with one attached hydrogen (secondary N) is 1. The second-order valence-electron chi connectivity index (χ2n) is 5.29. The highest BCUT2D eigenvalue weighted by molar-refractivity contribution is 7.99. The van der Waals surface area contributed by atoms with E-state index in [9.17, 15) is 0 Å². The molecule has 0 saturated carbocycles. The van der Waals surface area contributed by atoms with E-state index < -0.39 is 0 Å². The maximum atomic E-state index is 5.53. The average Bonchev–Trinajstić information content (AvgIpc) is 2.88. The summed E-state index contributed by atoms with van der Waals surface area (Å²) >= 11 is 1.95. The monoisotopic (exact) mass is 314 g/mol. The summed E-state index contributed by atoms with van der Waals surface area (Å²) in [4.78, 5) is 2.17. The van der Waals surface area contributed by atoms with Crippen molar-refractivity contribution in [1.82, 2.24) is 20.0 Å². The van der Waals surface area contributed by atoms with Crippen molar-refractivity contribution in [3.05, 3.63) is 11.9 Å². The Bertz CT molecular complexity index is 387. The van der Waals surface area contributed by atoms with Gasteiger partial charge in [-0.2, -0.15) is 16.9 Å². The SMILES string of the molecule is CCCNC(CSCC)c1c(OC)cnn1CCN(C)C. The number of thioether (sulfide) groups is 1. The van der Waals surface area contributed by atoms with E-state index in [4.69, 9.17) is 4.74 Å². The second-order valence-corrected chi connectivity index (χ2v) is 6.61. The predicted octanol–water partition coefficient (Wildman–Crippen LogP) is 2.25. The Morgan fingerprint density at radius 2 is 2.19 bits per heavy atom. The van der Waals surface area contributed by atoms with Crippen molar-refractivity contribution < 1.29 is 4.74 Å². The van der Waals surface area contributed by atoms with Crippen LogP contribution in [0.1, 0.15) is 32.0 Å². The molecule has 0 radical (unpaired) electrons. The number of methoxy groups -OCH3 is 1. The molecular formula is C15H30N4OS. The van der Waals surface area contributed by atoms with Gasteiger partial charge in [-0.1, -0.05) is 13.8 Å². The molecule has 0 spiro atoms. The first-order chi connectivity index (χ1) is 10.1. The van der Waals surface area contributed by atoms with Crippen LogP contribution in [0.2, 0.25) is 0 Å². The molecule has 1 heterocycles. The fourth-order valence-corrected chi connectivity index (χ4v) is 2.90. The highest BCUT2D eigenvalue weighted by Crippen LogP contribution is 2.27. The lowest BCUT2D eigenvalue weighted by Crippen LogP contribution is -2.29. The first-order valence-corrected chi connectivity index (χ1v) is 8.85. The Kier molecular flexibility index (Phi) is 8.80. The van der Waals surface area contributed by atoms with Crippen LogP contribution in [0.5, 0.6) is 5.75 Å². The lowest BCUT2D eigenvalue weighted by molar-refractivity contribution is 0.357. The third-order valence-corrected chi connectivity index (χ3v) is 4.26. The molecule has 5 nitrogen and oxygen atoms in total. The van der Waals surface area contributed by atoms with Crippen molar-refractivity contribution in [2.24, 2.45) is 0 Å². The molecule has 21 heavy (non-hydrogen) atoms. The summed E-state index contributed by atoms with van der Waals surface area (Å²) in [6.45, 7) is 7.25. The Morgan fingerprint density at radius 1 is 1.43 bits per heavy atom. The zero-order chi connectivity index (χ0) is 15.7. The fourth-order valence-electron chi connectivity index (χ4n) is 2.15. The number of nitrogens with zero attached hydrogens (tertiary/aromatic N) is 3. The highest BCUT2D eigenvalue weighted by atomic mass is 32.2. The molecule has 1 atom stereocenters. The van der Waals surface area contributed by atoms with Crippen molar-refractivity contribution >= 4 is 11.8 Å². The zero-order valence-electron chi connectivity index (χ0n) is 14.1. The van der Waals surface area contributed by atoms with Crippen molar-refractivity contribution in [3.8, 4) is 5.75 Å². The van der Waals surface area contributed by atoms with Gasteiger partial charge in [0.2, 0.25) is 0 Å². The molecule has 0 aromatic carbocycles. The number of ether oxygens (including phenoxy) is 1. The van der Waals surface area contributed by atoms with Crippen LogP contribution in [0.25, 0.3) is 0 Å². The lowest BCUT2D eigenvalue weighted by Gasteiger charge is -2.21. The largest absolute Gasteiger partial charge is 0.493 e. The molecule has 1 aromatic rings. The van der Waals surface area contributed by atoms with Gasteiger partial charge in [0.15, 0.2) is 5.75 Å². The van der Waals surface area contributed by atoms with Crippen LogP contribution in [0.4, 0.5) is 0 Å². The molecule has 6 heteroatoms. The molecule has 1 unspecified atom stereocenters. The minimum Gasteiger partial charge on any atom is -0.493 e. The summed E-state index contributed by atoms with van der Waals surface area (Å²) in [6.07, 6.45) is 2.96. The Morgan fingerprint density at radius 3 is 2.76 bits per heavy atom. The molecule has 122 valence electrons. The van der Waals surface area contributed by atoms with E-state index in [0.717, 1.165) is 43.3 Å². The van der Waals surface area contributed by atoms with E-state index in [0.29, 0.717) is 0 Å². The van der Waals surface area contributed by atoms with Gasteiger partial charge in [-0.05, 0) is 32.8 Å². The van der Waals surface area contributed by atoms with Crippen molar-refractivity contribution in [2.75, 3.05) is 45.8 Å². The number of hydrogen-bond acceptors (Lipinski definition) is 5. The van der Waals surface area contributed by atoms with Gasteiger partial charge >= 0.3 is 0 Å². The molecule has 0 aliphatic carbocycles. The molecule has 0 aliphatic heterocycles. The summed E-state index contributed by atoms with van der Waals surface area (Å²) in [5.74, 6) is 3.05. The second kappa shape index (κ2) is 10.1. The normalized spacial score (nSPS) is 12.9. The van der Waals surface area contributed by atoms with Crippen molar-refractivity contribution in [3.63, 3.8) is 0 Å². The maximum absolute atomic E-state index is 5.53. The van der Waals surface area contributed by atoms with Gasteiger partial charge in [0.1, 0.15) is 0 Å². The van der Waals surface area contributed by atoms with Gasteiger partial charge in [0.05, 0.1) is 31.6 Å². The van der Waals surface area contributed by atoms with Crippen molar-refractivity contribution in [2.45, 2.75) is 32.9 Å². The summed E-state index contributed by atoms with van der Waals surface area (Å²) in [5, 5.41) is 8.15. The van der Waals surface area contributed by atoms with E-state index in [1.54, 1.807) is 7.11 Å². The minimum absolute atomic E-state index is 0.287. The van der Waals surface area contributed by atoms with E-state index >= 15 is 0 Å². The van der Waals surface area contributed by atoms with Crippen LogP contribution < -0.4 is 10.1 Å². The smallest absolute Gasteiger partial charge is 0.161 e. The third kappa shape index (κ3) is 5.88. The molecule has 0 saturated heterocycles. The molecule has 1 rings (SSSR count). The number of rotatable bonds is 11. The van der Waals surface area contributed by atoms with Gasteiger partial charge < -0.3 is 15.0 Å². The molecule has 0 amide bonds. The van der Waals surface area contributed by atoms with E-state index in [-0.39, 0.29) is 6.04 Å². The maximum Gasteiger partial charge on any atom is 0.161 e. The number of likely N-dealkylation sites (N-methyl/N-ethyl adjacent to an activating group) is 1. The van der Waals surface area contributed by atoms with Crippen LogP contribution in [0.3, 0.4) is 0 Å². The average molecular weight is 314 g/mol. The van der Waals surface area contributed by atoms with Gasteiger partial charge in [-0.15, -0.1) is 0 Å². The van der Waals surface area contributed by atoms with E-state index in [2.05, 4.69) is 47.9 Å². The lowest BCUT2D eigenvalue weighted by atomic mass is 10.2. The first-order valence-electron chi connectivity index (χ1n) is 7.69. The first kappa shape index (κ1) is 18.3. The van der Waals surface area contributed by atoms with E-state index in [1.165, 1.54) is 5.69 Å². The summed E-state index contributed by atoms with van der Waals surface area (Å²) in [5.41, 5.74) is 1.17. The Labute approximate surface area is 133 Å². The Balaban J connectivity index is 2.92. The standard InChI is InChI=1S/C15H30N4OS/c1-6-8-16-13(12-21-7-2)15-14(20-5)11-17-19(15)10-9-18(3)4/h11,13,16H,6-10,12H2,1-5H3. The van der Waals surface area contributed by atoms with Gasteiger partial charge in [-0.3, -0.25) is 4.68 Å². The number of aromatic nitrogens is 2. The highest BCUT2D eigenvalue weighted by Gasteiger charge is 2.21. The molecule has 1 aromatic heterocycles. The zero-order valence-corrected chi connectivity index (χ0v) is 14.9. The molecule has 0 fully saturated rings. The van der Waals surface area contributed by atoms with E-state index in [1.807, 2.05) is 18.0 Å².